The lowest BCUT2D eigenvalue weighted by Crippen LogP contribution is -2.48. The third kappa shape index (κ3) is 5.68. The molecule has 0 saturated carbocycles. The Balaban J connectivity index is 1.56. The molecule has 0 saturated heterocycles. The largest absolute Gasteiger partial charge is 0.465 e. The molecule has 1 aliphatic heterocycles. The summed E-state index contributed by atoms with van der Waals surface area (Å²) in [4.78, 5) is 25.5. The maximum atomic E-state index is 14.0. The fourth-order valence-corrected chi connectivity index (χ4v) is 7.28. The second-order valence-electron chi connectivity index (χ2n) is 9.78. The second kappa shape index (κ2) is 11.0. The van der Waals surface area contributed by atoms with Crippen molar-refractivity contribution >= 4 is 21.8 Å². The van der Waals surface area contributed by atoms with E-state index in [1.165, 1.54) is 11.4 Å². The van der Waals surface area contributed by atoms with E-state index in [2.05, 4.69) is 0 Å². The number of carbonyl (C=O) groups is 2. The van der Waals surface area contributed by atoms with Crippen molar-refractivity contribution in [3.63, 3.8) is 0 Å². The van der Waals surface area contributed by atoms with Crippen molar-refractivity contribution in [2.75, 3.05) is 7.11 Å². The predicted molar refractivity (Wildman–Crippen MR) is 143 cm³/mol. The molecule has 0 aliphatic carbocycles. The molecule has 0 N–H and O–H groups in total. The summed E-state index contributed by atoms with van der Waals surface area (Å²) < 4.78 is 34.2. The molecule has 37 heavy (non-hydrogen) atoms. The zero-order valence-electron chi connectivity index (χ0n) is 21.8. The van der Waals surface area contributed by atoms with Crippen LogP contribution in [0.2, 0.25) is 0 Å². The van der Waals surface area contributed by atoms with Gasteiger partial charge in [0.2, 0.25) is 10.0 Å². The zero-order valence-corrected chi connectivity index (χ0v) is 22.6. The van der Waals surface area contributed by atoms with Gasteiger partial charge in [0, 0.05) is 13.0 Å². The molecule has 0 aromatic heterocycles. The molecule has 3 aromatic rings. The third-order valence-electron chi connectivity index (χ3n) is 7.01. The minimum atomic E-state index is -3.90. The highest BCUT2D eigenvalue weighted by Crippen LogP contribution is 2.33. The Morgan fingerprint density at radius 3 is 2.19 bits per heavy atom. The van der Waals surface area contributed by atoms with E-state index in [1.807, 2.05) is 69.3 Å². The number of ketones is 1. The van der Waals surface area contributed by atoms with Crippen LogP contribution in [0.4, 0.5) is 0 Å². The Morgan fingerprint density at radius 2 is 1.57 bits per heavy atom. The number of carbonyl (C=O) groups excluding carboxylic acids is 2. The Bertz CT molecular complexity index is 1400. The van der Waals surface area contributed by atoms with Gasteiger partial charge in [-0.15, -0.1) is 0 Å². The van der Waals surface area contributed by atoms with Crippen LogP contribution in [-0.4, -0.2) is 37.6 Å². The van der Waals surface area contributed by atoms with Crippen molar-refractivity contribution < 1.29 is 22.7 Å². The van der Waals surface area contributed by atoms with Gasteiger partial charge in [-0.25, -0.2) is 13.2 Å². The summed E-state index contributed by atoms with van der Waals surface area (Å²) in [7, 11) is -2.56. The number of hydrogen-bond donors (Lipinski definition) is 0. The van der Waals surface area contributed by atoms with Crippen LogP contribution in [0.15, 0.2) is 65.6 Å². The standard InChI is InChI=1S/C30H33NO5S/c1-20-16-21(2)29(22(3)17-20)37(34,35)31-19-26-10-6-5-9-25(26)18-27(31)28(32)11-7-8-23-12-14-24(15-13-23)30(33)36-4/h5-6,9-10,12-17,27H,7-8,11,18-19H2,1-4H3. The van der Waals surface area contributed by atoms with Gasteiger partial charge in [0.05, 0.1) is 23.6 Å². The average Bonchev–Trinajstić information content (AvgIpc) is 2.87. The van der Waals surface area contributed by atoms with Gasteiger partial charge in [-0.05, 0) is 80.0 Å². The van der Waals surface area contributed by atoms with E-state index >= 15 is 0 Å². The lowest BCUT2D eigenvalue weighted by atomic mass is 9.91. The minimum Gasteiger partial charge on any atom is -0.465 e. The normalized spacial score (nSPS) is 15.7. The average molecular weight is 520 g/mol. The second-order valence-corrected chi connectivity index (χ2v) is 11.6. The molecule has 194 valence electrons. The monoisotopic (exact) mass is 519 g/mol. The van der Waals surface area contributed by atoms with Gasteiger partial charge in [0.1, 0.15) is 0 Å². The topological polar surface area (TPSA) is 80.8 Å². The van der Waals surface area contributed by atoms with Gasteiger partial charge < -0.3 is 4.74 Å². The van der Waals surface area contributed by atoms with E-state index in [-0.39, 0.29) is 24.7 Å². The van der Waals surface area contributed by atoms with Crippen molar-refractivity contribution in [3.8, 4) is 0 Å². The lowest BCUT2D eigenvalue weighted by molar-refractivity contribution is -0.123. The molecule has 3 aromatic carbocycles. The van der Waals surface area contributed by atoms with Gasteiger partial charge in [-0.1, -0.05) is 54.1 Å². The first-order valence-electron chi connectivity index (χ1n) is 12.5. The third-order valence-corrected chi connectivity index (χ3v) is 9.17. The van der Waals surface area contributed by atoms with Crippen LogP contribution in [0.3, 0.4) is 0 Å². The minimum absolute atomic E-state index is 0.0772. The summed E-state index contributed by atoms with van der Waals surface area (Å²) in [6, 6.07) is 17.9. The van der Waals surface area contributed by atoms with Crippen LogP contribution in [0.25, 0.3) is 0 Å². The first-order valence-corrected chi connectivity index (χ1v) is 13.9. The molecular weight excluding hydrogens is 486 g/mol. The van der Waals surface area contributed by atoms with Gasteiger partial charge in [-0.2, -0.15) is 4.31 Å². The molecule has 0 radical (unpaired) electrons. The van der Waals surface area contributed by atoms with Crippen molar-refractivity contribution in [1.29, 1.82) is 0 Å². The van der Waals surface area contributed by atoms with Crippen LogP contribution in [0, 0.1) is 20.8 Å². The van der Waals surface area contributed by atoms with Gasteiger partial charge >= 0.3 is 5.97 Å². The first kappa shape index (κ1) is 26.8. The number of rotatable bonds is 8. The Morgan fingerprint density at radius 1 is 0.946 bits per heavy atom. The van der Waals surface area contributed by atoms with Crippen LogP contribution < -0.4 is 0 Å². The van der Waals surface area contributed by atoms with Crippen molar-refractivity contribution in [2.24, 2.45) is 0 Å². The molecule has 6 nitrogen and oxygen atoms in total. The summed E-state index contributed by atoms with van der Waals surface area (Å²) >= 11 is 0. The molecule has 0 fully saturated rings. The van der Waals surface area contributed by atoms with Crippen LogP contribution in [-0.2, 0) is 38.9 Å². The number of nitrogens with zero attached hydrogens (tertiary/aromatic N) is 1. The summed E-state index contributed by atoms with van der Waals surface area (Å²) in [6.45, 7) is 5.75. The van der Waals surface area contributed by atoms with E-state index in [1.54, 1.807) is 12.1 Å². The first-order chi connectivity index (χ1) is 17.6. The van der Waals surface area contributed by atoms with E-state index in [4.69, 9.17) is 4.74 Å². The van der Waals surface area contributed by atoms with Gasteiger partial charge in [0.15, 0.2) is 5.78 Å². The number of Topliss-reactive ketones (excluding diaryl/α,β-unsaturated/α-hetero) is 1. The Hall–Kier alpha value is -3.29. The van der Waals surface area contributed by atoms with E-state index in [9.17, 15) is 18.0 Å². The highest BCUT2D eigenvalue weighted by atomic mass is 32.2. The number of aryl methyl sites for hydroxylation is 4. The van der Waals surface area contributed by atoms with Gasteiger partial charge in [0.25, 0.3) is 0 Å². The Kier molecular flexibility index (Phi) is 7.95. The van der Waals surface area contributed by atoms with Crippen LogP contribution in [0.5, 0.6) is 0 Å². The fourth-order valence-electron chi connectivity index (χ4n) is 5.28. The molecule has 1 atom stereocenters. The van der Waals surface area contributed by atoms with E-state index in [0.717, 1.165) is 22.3 Å². The number of sulfonamides is 1. The van der Waals surface area contributed by atoms with Crippen LogP contribution >= 0.6 is 0 Å². The molecule has 1 heterocycles. The van der Waals surface area contributed by atoms with Crippen LogP contribution in [0.1, 0.15) is 56.6 Å². The summed E-state index contributed by atoms with van der Waals surface area (Å²) in [5.41, 5.74) is 5.82. The molecule has 0 spiro atoms. The van der Waals surface area contributed by atoms with E-state index < -0.39 is 16.1 Å². The SMILES string of the molecule is COC(=O)c1ccc(CCCC(=O)C2Cc3ccccc3CN2S(=O)(=O)c2c(C)cc(C)cc2C)cc1. The van der Waals surface area contributed by atoms with Gasteiger partial charge in [-0.3, -0.25) is 4.79 Å². The van der Waals surface area contributed by atoms with Crippen molar-refractivity contribution in [3.05, 3.63) is 99.6 Å². The number of esters is 1. The quantitative estimate of drug-likeness (QED) is 0.387. The highest BCUT2D eigenvalue weighted by Gasteiger charge is 2.40. The predicted octanol–water partition coefficient (Wildman–Crippen LogP) is 5.11. The number of fused-ring (bicyclic) bond motifs is 1. The highest BCUT2D eigenvalue weighted by molar-refractivity contribution is 7.89. The molecule has 4 rings (SSSR count). The Labute approximate surface area is 219 Å². The summed E-state index contributed by atoms with van der Waals surface area (Å²) in [5.74, 6) is -0.466. The van der Waals surface area contributed by atoms with Crippen molar-refractivity contribution in [1.82, 2.24) is 4.31 Å². The summed E-state index contributed by atoms with van der Waals surface area (Å²) in [6.07, 6.45) is 1.87. The molecule has 0 bridgehead atoms. The maximum Gasteiger partial charge on any atom is 0.337 e. The molecule has 1 aliphatic rings. The van der Waals surface area contributed by atoms with E-state index in [0.29, 0.717) is 40.8 Å². The number of hydrogen-bond acceptors (Lipinski definition) is 5. The number of benzene rings is 3. The number of ether oxygens (including phenoxy) is 1. The number of methoxy groups -OCH3 is 1. The maximum absolute atomic E-state index is 14.0. The molecule has 7 heteroatoms. The van der Waals surface area contributed by atoms with Crippen molar-refractivity contribution in [2.45, 2.75) is 63.9 Å². The molecule has 1 unspecified atom stereocenters. The molecular formula is C30H33NO5S. The molecule has 0 amide bonds. The summed E-state index contributed by atoms with van der Waals surface area (Å²) in [5, 5.41) is 0. The zero-order chi connectivity index (χ0) is 26.7. The fraction of sp³-hybridized carbons (Fsp3) is 0.333. The lowest BCUT2D eigenvalue weighted by Gasteiger charge is -2.36. The smallest absolute Gasteiger partial charge is 0.337 e.